The first-order valence-electron chi connectivity index (χ1n) is 5.87. The van der Waals surface area contributed by atoms with Crippen molar-refractivity contribution in [3.8, 4) is 0 Å². The first kappa shape index (κ1) is 13.2. The SMILES string of the molecule is OC(CC1CCOCC1)c1cc(Cl)ccc1Cl. The zero-order chi connectivity index (χ0) is 12.3. The Kier molecular flexibility index (Phi) is 4.69. The van der Waals surface area contributed by atoms with Gasteiger partial charge in [-0.05, 0) is 43.4 Å². The minimum absolute atomic E-state index is 0.508. The van der Waals surface area contributed by atoms with Gasteiger partial charge in [0.2, 0.25) is 0 Å². The molecule has 0 bridgehead atoms. The Hall–Kier alpha value is -0.280. The largest absolute Gasteiger partial charge is 0.388 e. The van der Waals surface area contributed by atoms with E-state index < -0.39 is 6.10 Å². The van der Waals surface area contributed by atoms with Crippen LogP contribution in [0.15, 0.2) is 18.2 Å². The molecule has 4 heteroatoms. The van der Waals surface area contributed by atoms with Gasteiger partial charge in [0, 0.05) is 28.8 Å². The Bertz CT molecular complexity index is 376. The summed E-state index contributed by atoms with van der Waals surface area (Å²) >= 11 is 12.0. The lowest BCUT2D eigenvalue weighted by Crippen LogP contribution is -2.18. The highest BCUT2D eigenvalue weighted by molar-refractivity contribution is 6.33. The number of aliphatic hydroxyl groups excluding tert-OH is 1. The molecule has 0 radical (unpaired) electrons. The monoisotopic (exact) mass is 274 g/mol. The summed E-state index contributed by atoms with van der Waals surface area (Å²) in [4.78, 5) is 0. The molecule has 1 N–H and O–H groups in total. The van der Waals surface area contributed by atoms with Gasteiger partial charge >= 0.3 is 0 Å². The minimum atomic E-state index is -0.538. The molecule has 0 spiro atoms. The maximum absolute atomic E-state index is 10.2. The minimum Gasteiger partial charge on any atom is -0.388 e. The third-order valence-electron chi connectivity index (χ3n) is 3.21. The van der Waals surface area contributed by atoms with Crippen LogP contribution in [0.1, 0.15) is 30.9 Å². The van der Waals surface area contributed by atoms with Crippen LogP contribution in [-0.2, 0) is 4.74 Å². The summed E-state index contributed by atoms with van der Waals surface area (Å²) in [7, 11) is 0. The maximum Gasteiger partial charge on any atom is 0.0807 e. The molecule has 1 aromatic carbocycles. The molecule has 2 nitrogen and oxygen atoms in total. The molecular weight excluding hydrogens is 259 g/mol. The first-order valence-corrected chi connectivity index (χ1v) is 6.63. The van der Waals surface area contributed by atoms with Gasteiger partial charge in [0.15, 0.2) is 0 Å². The van der Waals surface area contributed by atoms with Crippen LogP contribution in [0.2, 0.25) is 10.0 Å². The van der Waals surface area contributed by atoms with E-state index in [2.05, 4.69) is 0 Å². The van der Waals surface area contributed by atoms with Gasteiger partial charge in [0.25, 0.3) is 0 Å². The molecule has 1 aromatic rings. The Morgan fingerprint density at radius 1 is 1.29 bits per heavy atom. The lowest BCUT2D eigenvalue weighted by atomic mass is 9.91. The van der Waals surface area contributed by atoms with E-state index in [4.69, 9.17) is 27.9 Å². The average Bonchev–Trinajstić information content (AvgIpc) is 2.33. The fourth-order valence-electron chi connectivity index (χ4n) is 2.19. The van der Waals surface area contributed by atoms with Crippen LogP contribution < -0.4 is 0 Å². The molecule has 1 atom stereocenters. The predicted molar refractivity (Wildman–Crippen MR) is 69.6 cm³/mol. The van der Waals surface area contributed by atoms with Crippen LogP contribution in [0.25, 0.3) is 0 Å². The van der Waals surface area contributed by atoms with E-state index >= 15 is 0 Å². The van der Waals surface area contributed by atoms with E-state index in [-0.39, 0.29) is 0 Å². The van der Waals surface area contributed by atoms with Crippen molar-refractivity contribution in [2.24, 2.45) is 5.92 Å². The molecule has 1 heterocycles. The molecule has 0 amide bonds. The molecule has 1 aliphatic rings. The zero-order valence-corrected chi connectivity index (χ0v) is 11.0. The lowest BCUT2D eigenvalue weighted by molar-refractivity contribution is 0.0435. The first-order chi connectivity index (χ1) is 8.16. The van der Waals surface area contributed by atoms with Gasteiger partial charge in [-0.3, -0.25) is 0 Å². The second-order valence-corrected chi connectivity index (χ2v) is 5.32. The summed E-state index contributed by atoms with van der Waals surface area (Å²) in [6, 6.07) is 5.20. The summed E-state index contributed by atoms with van der Waals surface area (Å²) in [5.41, 5.74) is 0.727. The summed E-state index contributed by atoms with van der Waals surface area (Å²) in [6.45, 7) is 1.58. The smallest absolute Gasteiger partial charge is 0.0807 e. The molecule has 0 saturated carbocycles. The van der Waals surface area contributed by atoms with Crippen LogP contribution >= 0.6 is 23.2 Å². The average molecular weight is 275 g/mol. The summed E-state index contributed by atoms with van der Waals surface area (Å²) in [6.07, 6.45) is 2.21. The molecule has 17 heavy (non-hydrogen) atoms. The Labute approximate surface area is 111 Å². The van der Waals surface area contributed by atoms with Gasteiger partial charge in [0.05, 0.1) is 6.10 Å². The van der Waals surface area contributed by atoms with Crippen molar-refractivity contribution < 1.29 is 9.84 Å². The number of rotatable bonds is 3. The number of halogens is 2. The van der Waals surface area contributed by atoms with Crippen molar-refractivity contribution in [3.63, 3.8) is 0 Å². The van der Waals surface area contributed by atoms with Gasteiger partial charge in [-0.15, -0.1) is 0 Å². The van der Waals surface area contributed by atoms with Gasteiger partial charge < -0.3 is 9.84 Å². The maximum atomic E-state index is 10.2. The molecule has 2 rings (SSSR count). The van der Waals surface area contributed by atoms with Gasteiger partial charge in [-0.25, -0.2) is 0 Å². The van der Waals surface area contributed by atoms with Crippen molar-refractivity contribution in [2.75, 3.05) is 13.2 Å². The fourth-order valence-corrected chi connectivity index (χ4v) is 2.62. The van der Waals surface area contributed by atoms with E-state index in [1.807, 2.05) is 0 Å². The van der Waals surface area contributed by atoms with E-state index in [0.29, 0.717) is 16.0 Å². The summed E-state index contributed by atoms with van der Waals surface area (Å²) < 4.78 is 5.30. The quantitative estimate of drug-likeness (QED) is 0.908. The predicted octanol–water partition coefficient (Wildman–Crippen LogP) is 3.84. The highest BCUT2D eigenvalue weighted by Gasteiger charge is 2.20. The number of aliphatic hydroxyl groups is 1. The third-order valence-corrected chi connectivity index (χ3v) is 3.79. The van der Waals surface area contributed by atoms with Crippen molar-refractivity contribution in [2.45, 2.75) is 25.4 Å². The topological polar surface area (TPSA) is 29.5 Å². The molecule has 94 valence electrons. The Morgan fingerprint density at radius 2 is 2.00 bits per heavy atom. The molecule has 1 aliphatic heterocycles. The molecule has 0 aliphatic carbocycles. The second-order valence-electron chi connectivity index (χ2n) is 4.47. The summed E-state index contributed by atoms with van der Waals surface area (Å²) in [5, 5.41) is 11.4. The molecule has 1 fully saturated rings. The van der Waals surface area contributed by atoms with Gasteiger partial charge in [-0.1, -0.05) is 23.2 Å². The van der Waals surface area contributed by atoms with Crippen molar-refractivity contribution in [1.82, 2.24) is 0 Å². The van der Waals surface area contributed by atoms with E-state index in [1.165, 1.54) is 0 Å². The molecule has 1 unspecified atom stereocenters. The normalized spacial score (nSPS) is 19.2. The summed E-state index contributed by atoms with van der Waals surface area (Å²) in [5.74, 6) is 0.508. The van der Waals surface area contributed by atoms with Crippen LogP contribution in [0.5, 0.6) is 0 Å². The number of ether oxygens (including phenoxy) is 1. The third kappa shape index (κ3) is 3.59. The van der Waals surface area contributed by atoms with Crippen molar-refractivity contribution in [1.29, 1.82) is 0 Å². The van der Waals surface area contributed by atoms with E-state index in [1.54, 1.807) is 18.2 Å². The molecule has 1 saturated heterocycles. The van der Waals surface area contributed by atoms with Crippen LogP contribution in [0.3, 0.4) is 0 Å². The van der Waals surface area contributed by atoms with Crippen LogP contribution in [0.4, 0.5) is 0 Å². The van der Waals surface area contributed by atoms with Gasteiger partial charge in [0.1, 0.15) is 0 Å². The van der Waals surface area contributed by atoms with Gasteiger partial charge in [-0.2, -0.15) is 0 Å². The van der Waals surface area contributed by atoms with E-state index in [9.17, 15) is 5.11 Å². The lowest BCUT2D eigenvalue weighted by Gasteiger charge is -2.24. The zero-order valence-electron chi connectivity index (χ0n) is 9.53. The number of benzene rings is 1. The second kappa shape index (κ2) is 6.05. The standard InChI is InChI=1S/C13H16Cl2O2/c14-10-1-2-12(15)11(8-10)13(16)7-9-3-5-17-6-4-9/h1-2,8-9,13,16H,3-7H2. The Balaban J connectivity index is 2.02. The highest BCUT2D eigenvalue weighted by atomic mass is 35.5. The fraction of sp³-hybridized carbons (Fsp3) is 0.538. The molecular formula is C13H16Cl2O2. The van der Waals surface area contributed by atoms with E-state index in [0.717, 1.165) is 38.0 Å². The molecule has 0 aromatic heterocycles. The highest BCUT2D eigenvalue weighted by Crippen LogP contribution is 2.32. The van der Waals surface area contributed by atoms with Crippen LogP contribution in [0, 0.1) is 5.92 Å². The Morgan fingerprint density at radius 3 is 2.71 bits per heavy atom. The number of hydrogen-bond acceptors (Lipinski definition) is 2. The van der Waals surface area contributed by atoms with Crippen molar-refractivity contribution >= 4 is 23.2 Å². The van der Waals surface area contributed by atoms with Crippen LogP contribution in [-0.4, -0.2) is 18.3 Å². The van der Waals surface area contributed by atoms with Crippen molar-refractivity contribution in [3.05, 3.63) is 33.8 Å². The number of hydrogen-bond donors (Lipinski definition) is 1.